The minimum atomic E-state index is -3.68. The first kappa shape index (κ1) is 19.7. The van der Waals surface area contributed by atoms with Crippen LogP contribution in [0.2, 0.25) is 0 Å². The lowest BCUT2D eigenvalue weighted by Gasteiger charge is -2.12. The second-order valence-corrected chi connectivity index (χ2v) is 6.99. The molecule has 0 saturated carbocycles. The number of hydrogen-bond donors (Lipinski definition) is 1. The summed E-state index contributed by atoms with van der Waals surface area (Å²) < 4.78 is 37.7. The molecule has 0 radical (unpaired) electrons. The van der Waals surface area contributed by atoms with Gasteiger partial charge in [-0.2, -0.15) is 0 Å². The Bertz CT molecular complexity index is 877. The molecular formula is C19H21NO5S. The molecule has 1 N–H and O–H groups in total. The highest BCUT2D eigenvalue weighted by Crippen LogP contribution is 2.29. The van der Waals surface area contributed by atoms with Crippen LogP contribution in [0.3, 0.4) is 0 Å². The first-order valence-electron chi connectivity index (χ1n) is 8.06. The molecule has 26 heavy (non-hydrogen) atoms. The van der Waals surface area contributed by atoms with Crippen molar-refractivity contribution in [3.63, 3.8) is 0 Å². The van der Waals surface area contributed by atoms with E-state index in [1.165, 1.54) is 12.1 Å². The molecule has 7 heteroatoms. The number of benzene rings is 2. The number of rotatable bonds is 9. The summed E-state index contributed by atoms with van der Waals surface area (Å²) in [5, 5.41) is 0. The lowest BCUT2D eigenvalue weighted by molar-refractivity contribution is -0.145. The fourth-order valence-corrected chi connectivity index (χ4v) is 3.51. The standard InChI is InChI=1S/C19H21NO5S/c1-3-12-20-26(22,23)18-11-6-5-10-17(18)15-8-7-9-16(13-15)25-14-19(21)24-4-2/h3,5-11,13,20H,1,4,12,14H2,2H3. The van der Waals surface area contributed by atoms with Gasteiger partial charge in [-0.25, -0.2) is 17.9 Å². The Kier molecular flexibility index (Phi) is 6.94. The Morgan fingerprint density at radius 3 is 2.69 bits per heavy atom. The van der Waals surface area contributed by atoms with Gasteiger partial charge in [-0.05, 0) is 30.7 Å². The second-order valence-electron chi connectivity index (χ2n) is 5.26. The molecule has 2 aromatic carbocycles. The minimum absolute atomic E-state index is 0.138. The summed E-state index contributed by atoms with van der Waals surface area (Å²) in [4.78, 5) is 11.6. The maximum atomic E-state index is 12.5. The molecule has 0 atom stereocenters. The smallest absolute Gasteiger partial charge is 0.344 e. The zero-order chi connectivity index (χ0) is 19.0. The molecule has 0 aliphatic carbocycles. The van der Waals surface area contributed by atoms with Crippen LogP contribution < -0.4 is 9.46 Å². The molecule has 0 aliphatic heterocycles. The van der Waals surface area contributed by atoms with Gasteiger partial charge in [0.25, 0.3) is 0 Å². The van der Waals surface area contributed by atoms with Gasteiger partial charge in [0.05, 0.1) is 11.5 Å². The van der Waals surface area contributed by atoms with Crippen molar-refractivity contribution in [2.75, 3.05) is 19.8 Å². The predicted octanol–water partition coefficient (Wildman–Crippen LogP) is 2.76. The molecule has 0 aromatic heterocycles. The SMILES string of the molecule is C=CCNS(=O)(=O)c1ccccc1-c1cccc(OCC(=O)OCC)c1. The van der Waals surface area contributed by atoms with Gasteiger partial charge in [0.15, 0.2) is 6.61 Å². The minimum Gasteiger partial charge on any atom is -0.482 e. The largest absolute Gasteiger partial charge is 0.482 e. The molecule has 0 fully saturated rings. The first-order valence-corrected chi connectivity index (χ1v) is 9.54. The van der Waals surface area contributed by atoms with Crippen LogP contribution in [0.4, 0.5) is 0 Å². The van der Waals surface area contributed by atoms with Gasteiger partial charge in [0.2, 0.25) is 10.0 Å². The molecule has 0 saturated heterocycles. The van der Waals surface area contributed by atoms with Crippen molar-refractivity contribution >= 4 is 16.0 Å². The molecule has 2 rings (SSSR count). The van der Waals surface area contributed by atoms with Crippen LogP contribution in [0.25, 0.3) is 11.1 Å². The summed E-state index contributed by atoms with van der Waals surface area (Å²) in [6.45, 7) is 5.45. The average molecular weight is 375 g/mol. The molecule has 0 bridgehead atoms. The zero-order valence-electron chi connectivity index (χ0n) is 14.5. The highest BCUT2D eigenvalue weighted by atomic mass is 32.2. The van der Waals surface area contributed by atoms with E-state index in [1.807, 2.05) is 0 Å². The second kappa shape index (κ2) is 9.17. The number of carbonyl (C=O) groups excluding carboxylic acids is 1. The maximum Gasteiger partial charge on any atom is 0.344 e. The van der Waals surface area contributed by atoms with Gasteiger partial charge in [-0.1, -0.05) is 36.4 Å². The van der Waals surface area contributed by atoms with Crippen molar-refractivity contribution in [1.82, 2.24) is 4.72 Å². The Morgan fingerprint density at radius 1 is 1.19 bits per heavy atom. The van der Waals surface area contributed by atoms with Crippen molar-refractivity contribution < 1.29 is 22.7 Å². The van der Waals surface area contributed by atoms with E-state index in [2.05, 4.69) is 11.3 Å². The number of sulfonamides is 1. The molecule has 0 amide bonds. The third kappa shape index (κ3) is 5.18. The zero-order valence-corrected chi connectivity index (χ0v) is 15.3. The third-order valence-corrected chi connectivity index (χ3v) is 4.88. The van der Waals surface area contributed by atoms with Crippen LogP contribution in [0.15, 0.2) is 66.1 Å². The quantitative estimate of drug-likeness (QED) is 0.538. The van der Waals surface area contributed by atoms with Gasteiger partial charge in [-0.3, -0.25) is 0 Å². The van der Waals surface area contributed by atoms with Crippen LogP contribution >= 0.6 is 0 Å². The van der Waals surface area contributed by atoms with Crippen LogP contribution in [-0.4, -0.2) is 34.1 Å². The Balaban J connectivity index is 2.31. The summed E-state index contributed by atoms with van der Waals surface area (Å²) in [6.07, 6.45) is 1.48. The fourth-order valence-electron chi connectivity index (χ4n) is 2.28. The van der Waals surface area contributed by atoms with E-state index < -0.39 is 16.0 Å². The monoisotopic (exact) mass is 375 g/mol. The van der Waals surface area contributed by atoms with Gasteiger partial charge in [0, 0.05) is 12.1 Å². The number of hydrogen-bond acceptors (Lipinski definition) is 5. The fraction of sp³-hybridized carbons (Fsp3) is 0.211. The molecule has 2 aromatic rings. The molecule has 0 unspecified atom stereocenters. The number of carbonyl (C=O) groups is 1. The van der Waals surface area contributed by atoms with E-state index >= 15 is 0 Å². The number of nitrogens with one attached hydrogen (secondary N) is 1. The van der Waals surface area contributed by atoms with Crippen LogP contribution in [-0.2, 0) is 19.6 Å². The van der Waals surface area contributed by atoms with Crippen molar-refractivity contribution in [2.24, 2.45) is 0 Å². The van der Waals surface area contributed by atoms with E-state index in [9.17, 15) is 13.2 Å². The lowest BCUT2D eigenvalue weighted by atomic mass is 10.1. The predicted molar refractivity (Wildman–Crippen MR) is 99.4 cm³/mol. The molecule has 0 aliphatic rings. The van der Waals surface area contributed by atoms with Gasteiger partial charge < -0.3 is 9.47 Å². The summed E-state index contributed by atoms with van der Waals surface area (Å²) in [7, 11) is -3.68. The summed E-state index contributed by atoms with van der Waals surface area (Å²) >= 11 is 0. The van der Waals surface area contributed by atoms with E-state index in [-0.39, 0.29) is 24.7 Å². The molecule has 6 nitrogen and oxygen atoms in total. The summed E-state index contributed by atoms with van der Waals surface area (Å²) in [5.74, 6) is -0.0173. The summed E-state index contributed by atoms with van der Waals surface area (Å²) in [6, 6.07) is 13.5. The van der Waals surface area contributed by atoms with Crippen LogP contribution in [0.1, 0.15) is 6.92 Å². The van der Waals surface area contributed by atoms with E-state index in [0.29, 0.717) is 16.9 Å². The van der Waals surface area contributed by atoms with Crippen molar-refractivity contribution in [3.8, 4) is 16.9 Å². The van der Waals surface area contributed by atoms with Crippen molar-refractivity contribution in [3.05, 3.63) is 61.2 Å². The Hall–Kier alpha value is -2.64. The molecular weight excluding hydrogens is 354 g/mol. The highest BCUT2D eigenvalue weighted by Gasteiger charge is 2.18. The van der Waals surface area contributed by atoms with E-state index in [4.69, 9.17) is 9.47 Å². The Morgan fingerprint density at radius 2 is 1.96 bits per heavy atom. The topological polar surface area (TPSA) is 81.7 Å². The van der Waals surface area contributed by atoms with E-state index in [1.54, 1.807) is 49.4 Å². The summed E-state index contributed by atoms with van der Waals surface area (Å²) in [5.41, 5.74) is 1.19. The van der Waals surface area contributed by atoms with Crippen molar-refractivity contribution in [2.45, 2.75) is 11.8 Å². The van der Waals surface area contributed by atoms with Crippen LogP contribution in [0.5, 0.6) is 5.75 Å². The average Bonchev–Trinajstić information content (AvgIpc) is 2.65. The molecule has 0 heterocycles. The van der Waals surface area contributed by atoms with Crippen LogP contribution in [0, 0.1) is 0 Å². The van der Waals surface area contributed by atoms with Gasteiger partial charge >= 0.3 is 5.97 Å². The lowest BCUT2D eigenvalue weighted by Crippen LogP contribution is -2.24. The van der Waals surface area contributed by atoms with Crippen molar-refractivity contribution in [1.29, 1.82) is 0 Å². The van der Waals surface area contributed by atoms with Gasteiger partial charge in [0.1, 0.15) is 5.75 Å². The third-order valence-electron chi connectivity index (χ3n) is 3.40. The van der Waals surface area contributed by atoms with Gasteiger partial charge in [-0.15, -0.1) is 6.58 Å². The maximum absolute atomic E-state index is 12.5. The normalized spacial score (nSPS) is 11.0. The number of ether oxygens (including phenoxy) is 2. The number of esters is 1. The molecule has 0 spiro atoms. The van der Waals surface area contributed by atoms with E-state index in [0.717, 1.165) is 0 Å². The molecule has 138 valence electrons. The Labute approximate surface area is 153 Å². The first-order chi connectivity index (χ1) is 12.5. The highest BCUT2D eigenvalue weighted by molar-refractivity contribution is 7.89.